The van der Waals surface area contributed by atoms with Gasteiger partial charge in [-0.05, 0) is 5.56 Å². The zero-order valence-corrected chi connectivity index (χ0v) is 12.9. The molecule has 2 unspecified atom stereocenters. The molecular formula is C16H18N2O2S. The summed E-state index contributed by atoms with van der Waals surface area (Å²) in [6.45, 7) is 4.60. The third-order valence-corrected chi connectivity index (χ3v) is 5.00. The first-order valence-electron chi connectivity index (χ1n) is 7.18. The van der Waals surface area contributed by atoms with Gasteiger partial charge in [0.1, 0.15) is 0 Å². The van der Waals surface area contributed by atoms with Crippen molar-refractivity contribution >= 4 is 23.6 Å². The Hall–Kier alpha value is -1.75. The molecule has 110 valence electrons. The molecule has 1 aromatic rings. The molecule has 1 N–H and O–H groups in total. The van der Waals surface area contributed by atoms with E-state index in [-0.39, 0.29) is 17.9 Å². The van der Waals surface area contributed by atoms with E-state index in [4.69, 9.17) is 0 Å². The topological polar surface area (TPSA) is 49.4 Å². The minimum Gasteiger partial charge on any atom is -0.327 e. The fourth-order valence-corrected chi connectivity index (χ4v) is 4.03. The molecule has 0 aromatic heterocycles. The molecule has 2 heterocycles. The van der Waals surface area contributed by atoms with Crippen molar-refractivity contribution in [3.05, 3.63) is 46.5 Å². The summed E-state index contributed by atoms with van der Waals surface area (Å²) in [6.07, 6.45) is 0.445. The van der Waals surface area contributed by atoms with Gasteiger partial charge >= 0.3 is 6.03 Å². The number of thioether (sulfide) groups is 1. The van der Waals surface area contributed by atoms with Crippen LogP contribution in [0.3, 0.4) is 0 Å². The van der Waals surface area contributed by atoms with Crippen molar-refractivity contribution in [2.75, 3.05) is 6.54 Å². The van der Waals surface area contributed by atoms with Crippen LogP contribution in [0.4, 0.5) is 4.79 Å². The molecule has 2 atom stereocenters. The number of carbonyl (C=O) groups excluding carboxylic acids is 2. The van der Waals surface area contributed by atoms with Crippen LogP contribution in [0.1, 0.15) is 31.9 Å². The molecule has 2 aliphatic heterocycles. The Morgan fingerprint density at radius 2 is 2.10 bits per heavy atom. The van der Waals surface area contributed by atoms with Crippen LogP contribution in [0.5, 0.6) is 0 Å². The number of fused-ring (bicyclic) bond motifs is 1. The van der Waals surface area contributed by atoms with Gasteiger partial charge < -0.3 is 5.32 Å². The van der Waals surface area contributed by atoms with E-state index in [2.05, 4.69) is 12.2 Å². The Morgan fingerprint density at radius 1 is 1.38 bits per heavy atom. The van der Waals surface area contributed by atoms with Gasteiger partial charge in [-0.3, -0.25) is 9.69 Å². The van der Waals surface area contributed by atoms with Gasteiger partial charge in [0.2, 0.25) is 0 Å². The lowest BCUT2D eigenvalue weighted by atomic mass is 9.93. The summed E-state index contributed by atoms with van der Waals surface area (Å²) in [5, 5.41) is 4.14. The molecule has 1 saturated heterocycles. The van der Waals surface area contributed by atoms with Crippen LogP contribution < -0.4 is 5.32 Å². The van der Waals surface area contributed by atoms with E-state index in [1.807, 2.05) is 37.3 Å². The van der Waals surface area contributed by atoms with Gasteiger partial charge in [-0.2, -0.15) is 0 Å². The highest BCUT2D eigenvalue weighted by molar-refractivity contribution is 8.04. The number of nitrogens with zero attached hydrogens (tertiary/aromatic N) is 1. The summed E-state index contributed by atoms with van der Waals surface area (Å²) < 4.78 is 0. The number of ketones is 1. The number of urea groups is 1. The smallest absolute Gasteiger partial charge is 0.323 e. The lowest BCUT2D eigenvalue weighted by Crippen LogP contribution is -2.46. The van der Waals surface area contributed by atoms with Crippen molar-refractivity contribution in [2.45, 2.75) is 31.6 Å². The van der Waals surface area contributed by atoms with Crippen LogP contribution in [0.2, 0.25) is 0 Å². The van der Waals surface area contributed by atoms with Gasteiger partial charge in [-0.15, -0.1) is 11.8 Å². The summed E-state index contributed by atoms with van der Waals surface area (Å²) >= 11 is 1.63. The normalized spacial score (nSPS) is 24.9. The minimum atomic E-state index is -0.338. The van der Waals surface area contributed by atoms with Crippen LogP contribution in [0.25, 0.3) is 0 Å². The van der Waals surface area contributed by atoms with Crippen molar-refractivity contribution in [3.63, 3.8) is 0 Å². The van der Waals surface area contributed by atoms with E-state index >= 15 is 0 Å². The Kier molecular flexibility index (Phi) is 3.76. The SMILES string of the molecule is CCC(=O)C1=C2SC(C)CN2C(=O)NC1c1ccccc1. The van der Waals surface area contributed by atoms with Gasteiger partial charge in [0, 0.05) is 18.2 Å². The second-order valence-electron chi connectivity index (χ2n) is 5.33. The Bertz CT molecular complexity index is 612. The highest BCUT2D eigenvalue weighted by Gasteiger charge is 2.41. The van der Waals surface area contributed by atoms with Crippen LogP contribution in [-0.2, 0) is 4.79 Å². The van der Waals surface area contributed by atoms with Gasteiger partial charge in [-0.25, -0.2) is 4.79 Å². The Morgan fingerprint density at radius 3 is 2.76 bits per heavy atom. The first kappa shape index (κ1) is 14.2. The second kappa shape index (κ2) is 5.56. The van der Waals surface area contributed by atoms with E-state index in [1.54, 1.807) is 16.7 Å². The summed E-state index contributed by atoms with van der Waals surface area (Å²) in [5.74, 6) is 0.102. The van der Waals surface area contributed by atoms with E-state index < -0.39 is 0 Å². The number of rotatable bonds is 3. The lowest BCUT2D eigenvalue weighted by Gasteiger charge is -2.32. The van der Waals surface area contributed by atoms with Gasteiger partial charge in [0.25, 0.3) is 0 Å². The molecular weight excluding hydrogens is 284 g/mol. The van der Waals surface area contributed by atoms with Crippen LogP contribution in [0.15, 0.2) is 40.9 Å². The van der Waals surface area contributed by atoms with E-state index in [1.165, 1.54) is 0 Å². The molecule has 1 aromatic carbocycles. The summed E-state index contributed by atoms with van der Waals surface area (Å²) in [6, 6.07) is 9.24. The number of carbonyl (C=O) groups is 2. The van der Waals surface area contributed by atoms with Crippen LogP contribution in [-0.4, -0.2) is 28.5 Å². The number of amides is 2. The number of benzene rings is 1. The lowest BCUT2D eigenvalue weighted by molar-refractivity contribution is -0.115. The van der Waals surface area contributed by atoms with Gasteiger partial charge in [0.05, 0.1) is 16.6 Å². The van der Waals surface area contributed by atoms with Crippen molar-refractivity contribution in [3.8, 4) is 0 Å². The largest absolute Gasteiger partial charge is 0.327 e. The zero-order chi connectivity index (χ0) is 15.0. The molecule has 2 amide bonds. The molecule has 0 aliphatic carbocycles. The van der Waals surface area contributed by atoms with Crippen molar-refractivity contribution in [2.24, 2.45) is 0 Å². The molecule has 3 rings (SSSR count). The number of Topliss-reactive ketones (excluding diaryl/α,β-unsaturated/α-hetero) is 1. The molecule has 0 radical (unpaired) electrons. The molecule has 21 heavy (non-hydrogen) atoms. The maximum Gasteiger partial charge on any atom is 0.323 e. The molecule has 4 nitrogen and oxygen atoms in total. The third kappa shape index (κ3) is 2.46. The fraction of sp³-hybridized carbons (Fsp3) is 0.375. The molecule has 0 spiro atoms. The fourth-order valence-electron chi connectivity index (χ4n) is 2.78. The summed E-state index contributed by atoms with van der Waals surface area (Å²) in [5.41, 5.74) is 1.69. The monoisotopic (exact) mass is 302 g/mol. The molecule has 0 saturated carbocycles. The van der Waals surface area contributed by atoms with Crippen molar-refractivity contribution in [1.82, 2.24) is 10.2 Å². The number of hydrogen-bond acceptors (Lipinski definition) is 3. The average molecular weight is 302 g/mol. The average Bonchev–Trinajstić information content (AvgIpc) is 2.89. The first-order valence-corrected chi connectivity index (χ1v) is 8.06. The number of hydrogen-bond donors (Lipinski definition) is 1. The highest BCUT2D eigenvalue weighted by Crippen LogP contribution is 2.43. The quantitative estimate of drug-likeness (QED) is 0.933. The van der Waals surface area contributed by atoms with Crippen LogP contribution in [0, 0.1) is 0 Å². The number of nitrogens with one attached hydrogen (secondary N) is 1. The highest BCUT2D eigenvalue weighted by atomic mass is 32.2. The Labute approximate surface area is 128 Å². The van der Waals surface area contributed by atoms with Crippen LogP contribution >= 0.6 is 11.8 Å². The summed E-state index contributed by atoms with van der Waals surface area (Å²) in [7, 11) is 0. The zero-order valence-electron chi connectivity index (χ0n) is 12.1. The van der Waals surface area contributed by atoms with Crippen molar-refractivity contribution < 1.29 is 9.59 Å². The van der Waals surface area contributed by atoms with E-state index in [9.17, 15) is 9.59 Å². The molecule has 5 heteroatoms. The van der Waals surface area contributed by atoms with Crippen molar-refractivity contribution in [1.29, 1.82) is 0 Å². The van der Waals surface area contributed by atoms with E-state index in [0.717, 1.165) is 16.2 Å². The minimum absolute atomic E-state index is 0.102. The van der Waals surface area contributed by atoms with Gasteiger partial charge in [-0.1, -0.05) is 44.2 Å². The Balaban J connectivity index is 2.11. The maximum absolute atomic E-state index is 12.5. The molecule has 0 bridgehead atoms. The van der Waals surface area contributed by atoms with Gasteiger partial charge in [0.15, 0.2) is 5.78 Å². The maximum atomic E-state index is 12.5. The standard InChI is InChI=1S/C16H18N2O2S/c1-3-12(19)13-14(11-7-5-4-6-8-11)17-16(20)18-9-10(2)21-15(13)18/h4-8,10,14H,3,9H2,1-2H3,(H,17,20). The third-order valence-electron chi connectivity index (χ3n) is 3.78. The summed E-state index contributed by atoms with van der Waals surface area (Å²) in [4.78, 5) is 26.5. The predicted octanol–water partition coefficient (Wildman–Crippen LogP) is 3.08. The van der Waals surface area contributed by atoms with E-state index in [0.29, 0.717) is 18.2 Å². The first-order chi connectivity index (χ1) is 10.1. The second-order valence-corrected chi connectivity index (χ2v) is 6.75. The molecule has 2 aliphatic rings. The predicted molar refractivity (Wildman–Crippen MR) is 83.8 cm³/mol. The molecule has 1 fully saturated rings.